The Labute approximate surface area is 116 Å². The molecule has 0 spiro atoms. The van der Waals surface area contributed by atoms with E-state index in [0.717, 1.165) is 18.9 Å². The van der Waals surface area contributed by atoms with Gasteiger partial charge in [-0.3, -0.25) is 4.90 Å². The van der Waals surface area contributed by atoms with E-state index in [4.69, 9.17) is 5.73 Å². The standard InChI is InChI=1S/C14H27N5/c1-11(2)19-14(16-10-17-19)9-18(3)13-7-5-4-6-12(13)8-15/h10-13H,4-9,15H2,1-3H3. The molecule has 1 aromatic heterocycles. The average molecular weight is 265 g/mol. The van der Waals surface area contributed by atoms with Gasteiger partial charge in [0.1, 0.15) is 12.2 Å². The largest absolute Gasteiger partial charge is 0.330 e. The summed E-state index contributed by atoms with van der Waals surface area (Å²) in [6.45, 7) is 5.94. The first kappa shape index (κ1) is 14.5. The van der Waals surface area contributed by atoms with Crippen molar-refractivity contribution in [2.24, 2.45) is 11.7 Å². The zero-order valence-electron chi connectivity index (χ0n) is 12.4. The minimum atomic E-state index is 0.363. The summed E-state index contributed by atoms with van der Waals surface area (Å²) in [6, 6.07) is 0.957. The maximum absolute atomic E-state index is 5.92. The minimum absolute atomic E-state index is 0.363. The molecule has 0 aromatic carbocycles. The average Bonchev–Trinajstić information content (AvgIpc) is 2.87. The third-order valence-electron chi connectivity index (χ3n) is 4.27. The molecule has 1 fully saturated rings. The number of hydrogen-bond acceptors (Lipinski definition) is 4. The molecule has 0 saturated heterocycles. The van der Waals surface area contributed by atoms with Crippen molar-refractivity contribution >= 4 is 0 Å². The van der Waals surface area contributed by atoms with Crippen molar-refractivity contribution < 1.29 is 0 Å². The maximum atomic E-state index is 5.92. The molecule has 19 heavy (non-hydrogen) atoms. The van der Waals surface area contributed by atoms with Crippen LogP contribution in [-0.2, 0) is 6.54 Å². The molecule has 1 aromatic rings. The molecule has 1 saturated carbocycles. The second-order valence-electron chi connectivity index (χ2n) is 5.98. The predicted molar refractivity (Wildman–Crippen MR) is 76.7 cm³/mol. The molecule has 2 unspecified atom stereocenters. The fourth-order valence-electron chi connectivity index (χ4n) is 3.20. The van der Waals surface area contributed by atoms with Crippen LogP contribution in [0.2, 0.25) is 0 Å². The van der Waals surface area contributed by atoms with Crippen LogP contribution in [0.4, 0.5) is 0 Å². The highest BCUT2D eigenvalue weighted by Crippen LogP contribution is 2.27. The van der Waals surface area contributed by atoms with Crippen LogP contribution in [0.3, 0.4) is 0 Å². The van der Waals surface area contributed by atoms with Crippen LogP contribution in [0, 0.1) is 5.92 Å². The van der Waals surface area contributed by atoms with Crippen LogP contribution in [-0.4, -0.2) is 39.3 Å². The van der Waals surface area contributed by atoms with Gasteiger partial charge in [0.15, 0.2) is 0 Å². The van der Waals surface area contributed by atoms with E-state index in [1.807, 2.05) is 4.68 Å². The van der Waals surface area contributed by atoms with Crippen LogP contribution < -0.4 is 5.73 Å². The molecule has 1 aliphatic rings. The number of aromatic nitrogens is 3. The van der Waals surface area contributed by atoms with Gasteiger partial charge in [-0.2, -0.15) is 5.10 Å². The van der Waals surface area contributed by atoms with E-state index in [1.54, 1.807) is 6.33 Å². The van der Waals surface area contributed by atoms with Crippen molar-refractivity contribution in [2.45, 2.75) is 58.2 Å². The van der Waals surface area contributed by atoms with Crippen molar-refractivity contribution in [1.82, 2.24) is 19.7 Å². The van der Waals surface area contributed by atoms with Gasteiger partial charge in [-0.25, -0.2) is 9.67 Å². The van der Waals surface area contributed by atoms with E-state index >= 15 is 0 Å². The van der Waals surface area contributed by atoms with E-state index in [-0.39, 0.29) is 0 Å². The predicted octanol–water partition coefficient (Wildman–Crippen LogP) is 1.81. The van der Waals surface area contributed by atoms with Gasteiger partial charge in [-0.1, -0.05) is 12.8 Å². The van der Waals surface area contributed by atoms with E-state index in [9.17, 15) is 0 Å². The van der Waals surface area contributed by atoms with Gasteiger partial charge in [0.2, 0.25) is 0 Å². The Morgan fingerprint density at radius 2 is 2.16 bits per heavy atom. The Bertz CT molecular complexity index is 387. The second kappa shape index (κ2) is 6.48. The first-order valence-corrected chi connectivity index (χ1v) is 7.42. The maximum Gasteiger partial charge on any atom is 0.141 e. The quantitative estimate of drug-likeness (QED) is 0.882. The third kappa shape index (κ3) is 3.34. The molecule has 0 radical (unpaired) electrons. The number of nitrogens with two attached hydrogens (primary N) is 1. The molecule has 1 aliphatic carbocycles. The molecule has 108 valence electrons. The SMILES string of the molecule is CC(C)n1ncnc1CN(C)C1CCCCC1CN. The Morgan fingerprint density at radius 3 is 2.84 bits per heavy atom. The minimum Gasteiger partial charge on any atom is -0.330 e. The molecular weight excluding hydrogens is 238 g/mol. The smallest absolute Gasteiger partial charge is 0.141 e. The topological polar surface area (TPSA) is 60.0 Å². The van der Waals surface area contributed by atoms with Crippen LogP contribution in [0.5, 0.6) is 0 Å². The van der Waals surface area contributed by atoms with Crippen LogP contribution in [0.15, 0.2) is 6.33 Å². The summed E-state index contributed by atoms with van der Waals surface area (Å²) in [5.74, 6) is 1.69. The molecule has 0 bridgehead atoms. The zero-order valence-corrected chi connectivity index (χ0v) is 12.4. The molecule has 0 amide bonds. The Balaban J connectivity index is 2.03. The first-order valence-electron chi connectivity index (χ1n) is 7.42. The van der Waals surface area contributed by atoms with Gasteiger partial charge in [0, 0.05) is 12.1 Å². The van der Waals surface area contributed by atoms with Crippen LogP contribution in [0.1, 0.15) is 51.4 Å². The van der Waals surface area contributed by atoms with Gasteiger partial charge >= 0.3 is 0 Å². The second-order valence-corrected chi connectivity index (χ2v) is 5.98. The molecule has 1 heterocycles. The highest BCUT2D eigenvalue weighted by Gasteiger charge is 2.28. The first-order chi connectivity index (χ1) is 9.13. The van der Waals surface area contributed by atoms with Crippen molar-refractivity contribution in [2.75, 3.05) is 13.6 Å². The third-order valence-corrected chi connectivity index (χ3v) is 4.27. The lowest BCUT2D eigenvalue weighted by atomic mass is 9.84. The molecule has 0 aliphatic heterocycles. The Hall–Kier alpha value is -0.940. The van der Waals surface area contributed by atoms with Crippen molar-refractivity contribution in [3.63, 3.8) is 0 Å². The summed E-state index contributed by atoms with van der Waals surface area (Å²) in [7, 11) is 2.19. The van der Waals surface area contributed by atoms with Crippen molar-refractivity contribution in [3.8, 4) is 0 Å². The highest BCUT2D eigenvalue weighted by atomic mass is 15.4. The van der Waals surface area contributed by atoms with Crippen molar-refractivity contribution in [1.29, 1.82) is 0 Å². The summed E-state index contributed by atoms with van der Waals surface area (Å²) in [5, 5.41) is 4.31. The fraction of sp³-hybridized carbons (Fsp3) is 0.857. The van der Waals surface area contributed by atoms with Gasteiger partial charge in [-0.15, -0.1) is 0 Å². The Morgan fingerprint density at radius 1 is 1.42 bits per heavy atom. The van der Waals surface area contributed by atoms with E-state index in [2.05, 4.69) is 35.9 Å². The van der Waals surface area contributed by atoms with Crippen molar-refractivity contribution in [3.05, 3.63) is 12.2 Å². The van der Waals surface area contributed by atoms with Crippen LogP contribution in [0.25, 0.3) is 0 Å². The van der Waals surface area contributed by atoms with E-state index < -0.39 is 0 Å². The van der Waals surface area contributed by atoms with Gasteiger partial charge in [0.05, 0.1) is 6.54 Å². The summed E-state index contributed by atoms with van der Waals surface area (Å²) in [4.78, 5) is 6.82. The van der Waals surface area contributed by atoms with E-state index in [1.165, 1.54) is 25.7 Å². The number of rotatable bonds is 5. The lowest BCUT2D eigenvalue weighted by Gasteiger charge is -2.37. The van der Waals surface area contributed by atoms with Crippen LogP contribution >= 0.6 is 0 Å². The van der Waals surface area contributed by atoms with Gasteiger partial charge < -0.3 is 5.73 Å². The number of hydrogen-bond donors (Lipinski definition) is 1. The summed E-state index contributed by atoms with van der Waals surface area (Å²) in [6.07, 6.45) is 6.83. The van der Waals surface area contributed by atoms with Gasteiger partial charge in [0.25, 0.3) is 0 Å². The molecule has 2 rings (SSSR count). The fourth-order valence-corrected chi connectivity index (χ4v) is 3.20. The summed E-state index contributed by atoms with van der Waals surface area (Å²) in [5.41, 5.74) is 5.92. The monoisotopic (exact) mass is 265 g/mol. The normalized spacial score (nSPS) is 24.3. The highest BCUT2D eigenvalue weighted by molar-refractivity contribution is 4.90. The molecule has 5 heteroatoms. The lowest BCUT2D eigenvalue weighted by molar-refractivity contribution is 0.122. The Kier molecular flexibility index (Phi) is 4.93. The summed E-state index contributed by atoms with van der Waals surface area (Å²) < 4.78 is 2.01. The van der Waals surface area contributed by atoms with E-state index in [0.29, 0.717) is 18.0 Å². The molecular formula is C14H27N5. The molecule has 5 nitrogen and oxygen atoms in total. The van der Waals surface area contributed by atoms with Gasteiger partial charge in [-0.05, 0) is 46.2 Å². The molecule has 2 N–H and O–H groups in total. The number of nitrogens with zero attached hydrogens (tertiary/aromatic N) is 4. The summed E-state index contributed by atoms with van der Waals surface area (Å²) >= 11 is 0. The lowest BCUT2D eigenvalue weighted by Crippen LogP contribution is -2.43. The zero-order chi connectivity index (χ0) is 13.8. The molecule has 2 atom stereocenters.